The number of hydrogen-bond donors (Lipinski definition) is 8. The lowest BCUT2D eigenvalue weighted by Crippen LogP contribution is -2.67. The van der Waals surface area contributed by atoms with Gasteiger partial charge in [-0.05, 0) is 32.1 Å². The molecule has 23 heteroatoms. The Morgan fingerprint density at radius 2 is 0.852 bits per heavy atom. The van der Waals surface area contributed by atoms with Crippen molar-refractivity contribution in [2.45, 2.75) is 365 Å². The first-order valence-corrected chi connectivity index (χ1v) is 38.0. The fraction of sp³-hybridized carbons (Fsp3) is 0.954. The van der Waals surface area contributed by atoms with Gasteiger partial charge < -0.3 is 68.8 Å². The first kappa shape index (κ1) is 82.6. The lowest BCUT2D eigenvalue weighted by atomic mass is 9.95. The van der Waals surface area contributed by atoms with Crippen molar-refractivity contribution in [3.8, 4) is 0 Å². The number of Topliss-reactive ketones (excluding diaryl/α,β-unsaturated/α-hetero) is 1. The van der Waals surface area contributed by atoms with Crippen LogP contribution in [0.25, 0.3) is 0 Å². The van der Waals surface area contributed by atoms with E-state index in [1.807, 2.05) is 0 Å². The highest BCUT2D eigenvalue weighted by molar-refractivity contribution is 7.46. The summed E-state index contributed by atoms with van der Waals surface area (Å²) in [4.78, 5) is 81.9. The van der Waals surface area contributed by atoms with E-state index in [0.717, 1.165) is 128 Å². The van der Waals surface area contributed by atoms with E-state index in [2.05, 4.69) is 38.3 Å². The maximum atomic E-state index is 14.1. The number of aliphatic hydroxyl groups excluding tert-OH is 2. The smallest absolute Gasteiger partial charge is 0.393 e. The molecule has 0 aliphatic carbocycles. The van der Waals surface area contributed by atoms with Crippen LogP contribution in [0.1, 0.15) is 297 Å². The molecule has 2 aliphatic rings. The maximum Gasteiger partial charge on any atom is 0.472 e. The first-order valence-electron chi connectivity index (χ1n) is 35.0. The third-order valence-electron chi connectivity index (χ3n) is 16.9. The molecule has 2 amide bonds. The molecule has 21 nitrogen and oxygen atoms in total. The summed E-state index contributed by atoms with van der Waals surface area (Å²) in [7, 11) is -9.34. The summed E-state index contributed by atoms with van der Waals surface area (Å²) in [6.07, 6.45) is 26.6. The number of aliphatic hydroxyl groups is 2. The first-order chi connectivity index (χ1) is 42.4. The van der Waals surface area contributed by atoms with Crippen LogP contribution in [0, 0.1) is 0 Å². The molecule has 0 saturated carbocycles. The fourth-order valence-corrected chi connectivity index (χ4v) is 12.8. The predicted molar refractivity (Wildman–Crippen MR) is 342 cm³/mol. The molecule has 2 saturated heterocycles. The molecular formula is C65H126N2O19P2. The number of phosphoric acid groups is 2. The summed E-state index contributed by atoms with van der Waals surface area (Å²) >= 11 is 0. The Bertz CT molecular complexity index is 1830. The molecule has 2 aliphatic heterocycles. The normalized spacial score (nSPS) is 22.9. The number of unbranched alkanes of at least 4 members (excludes halogenated alkanes) is 33. The van der Waals surface area contributed by atoms with Crippen molar-refractivity contribution in [3.05, 3.63) is 0 Å². The summed E-state index contributed by atoms with van der Waals surface area (Å²) < 4.78 is 73.0. The number of rotatable bonds is 59. The van der Waals surface area contributed by atoms with Crippen molar-refractivity contribution in [1.29, 1.82) is 0 Å². The van der Waals surface area contributed by atoms with E-state index in [0.29, 0.717) is 25.7 Å². The number of nitrogens with one attached hydrogen (secondary N) is 2. The van der Waals surface area contributed by atoms with E-state index in [1.54, 1.807) is 0 Å². The van der Waals surface area contributed by atoms with Crippen molar-refractivity contribution >= 4 is 33.2 Å². The summed E-state index contributed by atoms with van der Waals surface area (Å²) in [5.74, 6) is -1.55. The Morgan fingerprint density at radius 1 is 0.443 bits per heavy atom. The van der Waals surface area contributed by atoms with Gasteiger partial charge in [0.1, 0.15) is 54.5 Å². The molecule has 0 radical (unpaired) electrons. The number of phosphoric ester groups is 2. The van der Waals surface area contributed by atoms with Crippen molar-refractivity contribution < 1.29 is 90.8 Å². The van der Waals surface area contributed by atoms with Gasteiger partial charge in [-0.15, -0.1) is 0 Å². The van der Waals surface area contributed by atoms with Gasteiger partial charge in [-0.1, -0.05) is 246 Å². The van der Waals surface area contributed by atoms with E-state index in [1.165, 1.54) is 97.0 Å². The lowest BCUT2D eigenvalue weighted by Gasteiger charge is -2.47. The third kappa shape index (κ3) is 40.6. The quantitative estimate of drug-likeness (QED) is 0.0159. The molecule has 2 rings (SSSR count). The third-order valence-corrected chi connectivity index (χ3v) is 17.9. The Labute approximate surface area is 530 Å². The van der Waals surface area contributed by atoms with Gasteiger partial charge in [-0.2, -0.15) is 0 Å². The molecule has 0 bridgehead atoms. The van der Waals surface area contributed by atoms with Crippen LogP contribution in [0.3, 0.4) is 0 Å². The Hall–Kier alpha value is -1.49. The summed E-state index contributed by atoms with van der Waals surface area (Å²) in [6, 6.07) is -2.88. The zero-order valence-corrected chi connectivity index (χ0v) is 57.1. The van der Waals surface area contributed by atoms with Crippen molar-refractivity contribution in [3.63, 3.8) is 0 Å². The van der Waals surface area contributed by atoms with Gasteiger partial charge >= 0.3 is 15.6 Å². The van der Waals surface area contributed by atoms with Crippen LogP contribution in [0.4, 0.5) is 0 Å². The lowest BCUT2D eigenvalue weighted by molar-refractivity contribution is -0.301. The molecule has 0 aromatic carbocycles. The minimum Gasteiger partial charge on any atom is -0.393 e. The van der Waals surface area contributed by atoms with Crippen molar-refractivity contribution in [2.24, 2.45) is 0 Å². The SMILES string of the molecule is CCCCCCCCCCCCCCCCCC(=O)NC1C(OCC2OC(OP(=O)(O)O)C(NC(=O)CC(=O)CCCCCCCCCCC)C(OCCCCCCCCCC)C2O)OC(COC)C(OP(=O)(O)O)C1OCCC(O)CCCCCCC. The maximum absolute atomic E-state index is 14.1. The number of methoxy groups -OCH3 is 1. The van der Waals surface area contributed by atoms with E-state index in [-0.39, 0.29) is 44.9 Å². The minimum atomic E-state index is -5.40. The predicted octanol–water partition coefficient (Wildman–Crippen LogP) is 13.2. The molecule has 2 fully saturated rings. The minimum absolute atomic E-state index is 0.0717. The Kier molecular flexibility index (Phi) is 48.7. The summed E-state index contributed by atoms with van der Waals surface area (Å²) in [5.41, 5.74) is 0. The molecule has 520 valence electrons. The topological polar surface area (TPSA) is 305 Å². The zero-order valence-electron chi connectivity index (χ0n) is 55.3. The van der Waals surface area contributed by atoms with Crippen molar-refractivity contribution in [1.82, 2.24) is 10.6 Å². The average molecular weight is 1300 g/mol. The van der Waals surface area contributed by atoms with Gasteiger partial charge in [0, 0.05) is 33.2 Å². The molecule has 11 atom stereocenters. The zero-order chi connectivity index (χ0) is 64.7. The summed E-state index contributed by atoms with van der Waals surface area (Å²) in [6.45, 7) is 7.71. The average Bonchev–Trinajstić information content (AvgIpc) is 2.12. The van der Waals surface area contributed by atoms with Gasteiger partial charge in [0.05, 0.1) is 25.7 Å². The molecule has 8 N–H and O–H groups in total. The number of ketones is 1. The van der Waals surface area contributed by atoms with Gasteiger partial charge in [0.2, 0.25) is 11.8 Å². The fourth-order valence-electron chi connectivity index (χ4n) is 11.8. The Morgan fingerprint density at radius 3 is 1.33 bits per heavy atom. The number of carbonyl (C=O) groups is 3. The van der Waals surface area contributed by atoms with Gasteiger partial charge in [-0.25, -0.2) is 9.13 Å². The number of carbonyl (C=O) groups excluding carboxylic acids is 3. The van der Waals surface area contributed by atoms with Gasteiger partial charge in [-0.3, -0.25) is 23.4 Å². The largest absolute Gasteiger partial charge is 0.472 e. The van der Waals surface area contributed by atoms with Gasteiger partial charge in [0.15, 0.2) is 12.6 Å². The van der Waals surface area contributed by atoms with Crippen LogP contribution in [0.15, 0.2) is 0 Å². The Balaban J connectivity index is 2.42. The summed E-state index contributed by atoms with van der Waals surface area (Å²) in [5, 5.41) is 28.8. The number of amides is 2. The van der Waals surface area contributed by atoms with Crippen LogP contribution in [0.2, 0.25) is 0 Å². The van der Waals surface area contributed by atoms with Crippen LogP contribution >= 0.6 is 15.6 Å². The molecule has 2 heterocycles. The second-order valence-corrected chi connectivity index (χ2v) is 27.4. The number of hydrogen-bond acceptors (Lipinski definition) is 15. The highest BCUT2D eigenvalue weighted by Crippen LogP contribution is 2.44. The monoisotopic (exact) mass is 1300 g/mol. The van der Waals surface area contributed by atoms with Crippen LogP contribution < -0.4 is 10.6 Å². The van der Waals surface area contributed by atoms with E-state index >= 15 is 0 Å². The number of ether oxygens (including phenoxy) is 6. The van der Waals surface area contributed by atoms with E-state index in [9.17, 15) is 53.3 Å². The van der Waals surface area contributed by atoms with E-state index in [4.69, 9.17) is 37.5 Å². The second-order valence-electron chi connectivity index (χ2n) is 25.0. The molecule has 11 unspecified atom stereocenters. The molecule has 88 heavy (non-hydrogen) atoms. The van der Waals surface area contributed by atoms with Crippen LogP contribution in [-0.4, -0.2) is 148 Å². The molecule has 0 aromatic heterocycles. The highest BCUT2D eigenvalue weighted by atomic mass is 31.2. The standard InChI is InChI=1S/C65H126N2O19P2/c1-6-10-14-18-21-24-25-26-27-28-29-31-33-37-41-45-56(70)66-59-63(81-48-46-52(68)43-39-35-17-13-9-4)61(85-87(73,74)75)55(50-79-5)84-64(59)82-51-54-60(72)62(80-47-42-38-34-23-20-16-12-8-3)58(65(83-54)86-88(76,77)78)67-57(71)49-53(69)44-40-36-32-30-22-19-15-11-7-2/h52,54-55,58-65,68,72H,6-51H2,1-5H3,(H,66,70)(H,67,71)(H2,73,74,75)(H2,76,77,78). The second kappa shape index (κ2) is 51.9. The van der Waals surface area contributed by atoms with E-state index < -0.39 is 108 Å². The van der Waals surface area contributed by atoms with Crippen molar-refractivity contribution in [2.75, 3.05) is 33.5 Å². The highest BCUT2D eigenvalue weighted by Gasteiger charge is 2.53. The molecule has 0 spiro atoms. The van der Waals surface area contributed by atoms with Gasteiger partial charge in [0.25, 0.3) is 0 Å². The molecular weight excluding hydrogens is 1170 g/mol. The molecule has 0 aromatic rings. The van der Waals surface area contributed by atoms with Crippen LogP contribution in [-0.2, 0) is 61.0 Å². The van der Waals surface area contributed by atoms with Crippen LogP contribution in [0.5, 0.6) is 0 Å².